The molecule has 0 aliphatic rings. The third kappa shape index (κ3) is 3.26. The molecule has 0 aliphatic heterocycles. The van der Waals surface area contributed by atoms with Crippen molar-refractivity contribution in [1.29, 1.82) is 0 Å². The highest BCUT2D eigenvalue weighted by atomic mass is 32.2. The van der Waals surface area contributed by atoms with E-state index in [0.29, 0.717) is 5.69 Å². The van der Waals surface area contributed by atoms with Crippen LogP contribution >= 0.6 is 11.8 Å². The molecule has 4 nitrogen and oxygen atoms in total. The Morgan fingerprint density at radius 2 is 2.11 bits per heavy atom. The van der Waals surface area contributed by atoms with E-state index in [9.17, 15) is 4.79 Å². The smallest absolute Gasteiger partial charge is 0.264 e. The Balaban J connectivity index is 2.32. The van der Waals surface area contributed by atoms with Crippen molar-refractivity contribution in [2.75, 3.05) is 13.4 Å². The Morgan fingerprint density at radius 1 is 1.26 bits per heavy atom. The Kier molecular flexibility index (Phi) is 4.41. The number of aromatic nitrogens is 2. The zero-order valence-electron chi connectivity index (χ0n) is 10.7. The first-order chi connectivity index (χ1) is 9.24. The van der Waals surface area contributed by atoms with Crippen molar-refractivity contribution in [3.63, 3.8) is 0 Å². The number of para-hydroxylation sites is 1. The second kappa shape index (κ2) is 6.24. The van der Waals surface area contributed by atoms with Crippen LogP contribution in [0.3, 0.4) is 0 Å². The van der Waals surface area contributed by atoms with E-state index in [1.54, 1.807) is 24.9 Å². The molecule has 0 fully saturated rings. The molecule has 0 radical (unpaired) electrons. The molecule has 0 atom stereocenters. The van der Waals surface area contributed by atoms with Gasteiger partial charge in [-0.3, -0.25) is 4.79 Å². The van der Waals surface area contributed by atoms with Gasteiger partial charge in [-0.25, -0.2) is 5.10 Å². The maximum atomic E-state index is 10.9. The first kappa shape index (κ1) is 13.4. The first-order valence-corrected chi connectivity index (χ1v) is 6.92. The third-order valence-corrected chi connectivity index (χ3v) is 3.33. The van der Waals surface area contributed by atoms with Gasteiger partial charge in [0.1, 0.15) is 5.75 Å². The Bertz CT molecular complexity index is 630. The molecule has 0 aliphatic carbocycles. The molecule has 19 heavy (non-hydrogen) atoms. The van der Waals surface area contributed by atoms with Crippen molar-refractivity contribution < 1.29 is 4.74 Å². The molecule has 0 bridgehead atoms. The molecule has 98 valence electrons. The number of nitrogens with one attached hydrogen (secondary N) is 1. The van der Waals surface area contributed by atoms with Crippen molar-refractivity contribution in [3.05, 3.63) is 51.9 Å². The summed E-state index contributed by atoms with van der Waals surface area (Å²) in [4.78, 5) is 12.0. The zero-order valence-corrected chi connectivity index (χ0v) is 11.5. The van der Waals surface area contributed by atoms with Gasteiger partial charge >= 0.3 is 0 Å². The summed E-state index contributed by atoms with van der Waals surface area (Å²) in [5.41, 5.74) is 1.46. The maximum Gasteiger partial charge on any atom is 0.264 e. The van der Waals surface area contributed by atoms with Crippen molar-refractivity contribution in [2.45, 2.75) is 4.90 Å². The predicted octanol–water partition coefficient (Wildman–Crippen LogP) is 2.67. The van der Waals surface area contributed by atoms with Crippen molar-refractivity contribution in [3.8, 4) is 5.75 Å². The number of thioether (sulfide) groups is 1. The third-order valence-electron chi connectivity index (χ3n) is 2.57. The van der Waals surface area contributed by atoms with Crippen LogP contribution in [0.5, 0.6) is 5.75 Å². The summed E-state index contributed by atoms with van der Waals surface area (Å²) in [6.45, 7) is 0. The highest BCUT2D eigenvalue weighted by molar-refractivity contribution is 7.98. The molecule has 1 N–H and O–H groups in total. The van der Waals surface area contributed by atoms with Crippen LogP contribution in [-0.4, -0.2) is 23.6 Å². The number of benzene rings is 1. The molecule has 1 aromatic carbocycles. The number of hydrogen-bond donors (Lipinski definition) is 1. The average Bonchev–Trinajstić information content (AvgIpc) is 2.46. The first-order valence-electron chi connectivity index (χ1n) is 5.69. The van der Waals surface area contributed by atoms with E-state index in [-0.39, 0.29) is 5.56 Å². The largest absolute Gasteiger partial charge is 0.495 e. The number of H-pyrrole nitrogens is 1. The summed E-state index contributed by atoms with van der Waals surface area (Å²) in [7, 11) is 1.66. The molecule has 5 heteroatoms. The fourth-order valence-corrected chi connectivity index (χ4v) is 2.27. The van der Waals surface area contributed by atoms with Gasteiger partial charge < -0.3 is 4.74 Å². The molecule has 1 aromatic heterocycles. The zero-order chi connectivity index (χ0) is 13.7. The molecular formula is C14H14N2O2S. The number of ether oxygens (including phenoxy) is 1. The lowest BCUT2D eigenvalue weighted by molar-refractivity contribution is 0.404. The normalized spacial score (nSPS) is 10.8. The van der Waals surface area contributed by atoms with E-state index in [4.69, 9.17) is 4.74 Å². The second-order valence-corrected chi connectivity index (χ2v) is 4.61. The molecule has 0 unspecified atom stereocenters. The summed E-state index contributed by atoms with van der Waals surface area (Å²) in [6.07, 6.45) is 5.76. The maximum absolute atomic E-state index is 10.9. The standard InChI is InChI=1S/C14H14N2O2S/c1-18-14-10(4-3-5-12(14)19-2)6-7-11-8-9-13(17)16-15-11/h3-9H,1-2H3,(H,16,17)/b7-6+. The predicted molar refractivity (Wildman–Crippen MR) is 78.6 cm³/mol. The van der Waals surface area contributed by atoms with Crippen LogP contribution < -0.4 is 10.3 Å². The quantitative estimate of drug-likeness (QED) is 0.871. The fraction of sp³-hybridized carbons (Fsp3) is 0.143. The highest BCUT2D eigenvalue weighted by Gasteiger charge is 2.05. The Labute approximate surface area is 115 Å². The van der Waals surface area contributed by atoms with Gasteiger partial charge in [-0.1, -0.05) is 12.1 Å². The van der Waals surface area contributed by atoms with E-state index < -0.39 is 0 Å². The van der Waals surface area contributed by atoms with Gasteiger partial charge in [-0.2, -0.15) is 5.10 Å². The number of rotatable bonds is 4. The fourth-order valence-electron chi connectivity index (χ4n) is 1.67. The van der Waals surface area contributed by atoms with E-state index >= 15 is 0 Å². The minimum atomic E-state index is -0.209. The monoisotopic (exact) mass is 274 g/mol. The van der Waals surface area contributed by atoms with Crippen LogP contribution in [0.15, 0.2) is 40.0 Å². The lowest BCUT2D eigenvalue weighted by Crippen LogP contribution is -2.05. The minimum Gasteiger partial charge on any atom is -0.495 e. The van der Waals surface area contributed by atoms with Crippen LogP contribution in [0.25, 0.3) is 12.2 Å². The Hall–Kier alpha value is -2.01. The van der Waals surface area contributed by atoms with Gasteiger partial charge in [-0.15, -0.1) is 11.8 Å². The molecule has 0 saturated carbocycles. The van der Waals surface area contributed by atoms with Crippen LogP contribution in [0, 0.1) is 0 Å². The van der Waals surface area contributed by atoms with Crippen LogP contribution in [0.2, 0.25) is 0 Å². The van der Waals surface area contributed by atoms with Gasteiger partial charge in [-0.05, 0) is 30.5 Å². The van der Waals surface area contributed by atoms with Crippen LogP contribution in [0.4, 0.5) is 0 Å². The lowest BCUT2D eigenvalue weighted by atomic mass is 10.1. The molecule has 0 saturated heterocycles. The highest BCUT2D eigenvalue weighted by Crippen LogP contribution is 2.31. The minimum absolute atomic E-state index is 0.209. The molecule has 1 heterocycles. The van der Waals surface area contributed by atoms with Crippen LogP contribution in [-0.2, 0) is 0 Å². The van der Waals surface area contributed by atoms with Gasteiger partial charge in [0.15, 0.2) is 0 Å². The summed E-state index contributed by atoms with van der Waals surface area (Å²) >= 11 is 1.64. The number of methoxy groups -OCH3 is 1. The summed E-state index contributed by atoms with van der Waals surface area (Å²) in [6, 6.07) is 9.08. The van der Waals surface area contributed by atoms with E-state index in [1.807, 2.05) is 36.6 Å². The van der Waals surface area contributed by atoms with E-state index in [0.717, 1.165) is 16.2 Å². The topological polar surface area (TPSA) is 55.0 Å². The van der Waals surface area contributed by atoms with E-state index in [1.165, 1.54) is 6.07 Å². The van der Waals surface area contributed by atoms with Gasteiger partial charge in [0.05, 0.1) is 12.8 Å². The SMILES string of the molecule is COc1c(/C=C/c2ccc(=O)[nH]n2)cccc1SC. The molecule has 0 spiro atoms. The van der Waals surface area contributed by atoms with Crippen molar-refractivity contribution in [1.82, 2.24) is 10.2 Å². The lowest BCUT2D eigenvalue weighted by Gasteiger charge is -2.09. The molecular weight excluding hydrogens is 260 g/mol. The summed E-state index contributed by atoms with van der Waals surface area (Å²) in [5, 5.41) is 6.32. The van der Waals surface area contributed by atoms with Gasteiger partial charge in [0.25, 0.3) is 5.56 Å². The van der Waals surface area contributed by atoms with E-state index in [2.05, 4.69) is 10.2 Å². The van der Waals surface area contributed by atoms with Gasteiger partial charge in [0, 0.05) is 16.5 Å². The molecule has 2 aromatic rings. The van der Waals surface area contributed by atoms with Crippen molar-refractivity contribution >= 4 is 23.9 Å². The van der Waals surface area contributed by atoms with Gasteiger partial charge in [0.2, 0.25) is 0 Å². The molecule has 0 amide bonds. The number of nitrogens with zero attached hydrogens (tertiary/aromatic N) is 1. The average molecular weight is 274 g/mol. The Morgan fingerprint density at radius 3 is 2.74 bits per heavy atom. The second-order valence-electron chi connectivity index (χ2n) is 3.76. The summed E-state index contributed by atoms with van der Waals surface area (Å²) < 4.78 is 5.42. The number of hydrogen-bond acceptors (Lipinski definition) is 4. The molecule has 2 rings (SSSR count). The van der Waals surface area contributed by atoms with Crippen LogP contribution in [0.1, 0.15) is 11.3 Å². The number of aromatic amines is 1. The summed E-state index contributed by atoms with van der Waals surface area (Å²) in [5.74, 6) is 0.843. The van der Waals surface area contributed by atoms with Crippen molar-refractivity contribution in [2.24, 2.45) is 0 Å².